The van der Waals surface area contributed by atoms with Crippen molar-refractivity contribution in [1.82, 2.24) is 9.47 Å². The highest BCUT2D eigenvalue weighted by Gasteiger charge is 2.21. The van der Waals surface area contributed by atoms with Crippen LogP contribution >= 0.6 is 0 Å². The number of nitrogens with zero attached hydrogens (tertiary/aromatic N) is 2. The van der Waals surface area contributed by atoms with Crippen LogP contribution in [0.25, 0.3) is 5.69 Å². The van der Waals surface area contributed by atoms with Crippen LogP contribution in [0, 0.1) is 5.82 Å². The molecule has 0 saturated carbocycles. The molecule has 0 spiro atoms. The van der Waals surface area contributed by atoms with Gasteiger partial charge in [-0.25, -0.2) is 8.78 Å². The van der Waals surface area contributed by atoms with Crippen molar-refractivity contribution in [3.8, 4) is 17.2 Å². The van der Waals surface area contributed by atoms with Gasteiger partial charge >= 0.3 is 0 Å². The average Bonchev–Trinajstić information content (AvgIpc) is 3.19. The molecule has 0 unspecified atom stereocenters. The van der Waals surface area contributed by atoms with E-state index in [1.807, 2.05) is 24.3 Å². The summed E-state index contributed by atoms with van der Waals surface area (Å²) in [5.74, 6) is 0.847. The Morgan fingerprint density at radius 1 is 0.968 bits per heavy atom. The molecule has 0 radical (unpaired) electrons. The van der Waals surface area contributed by atoms with Crippen LogP contribution in [0.4, 0.5) is 8.78 Å². The lowest BCUT2D eigenvalue weighted by atomic mass is 10.2. The molecule has 31 heavy (non-hydrogen) atoms. The second-order valence-corrected chi connectivity index (χ2v) is 7.51. The minimum atomic E-state index is -0.725. The topological polar surface area (TPSA) is 43.7 Å². The fourth-order valence-electron chi connectivity index (χ4n) is 3.50. The molecule has 1 atom stereocenters. The normalized spacial score (nSPS) is 16.4. The largest absolute Gasteiger partial charge is 0.492 e. The summed E-state index contributed by atoms with van der Waals surface area (Å²) in [4.78, 5) is 14.5. The van der Waals surface area contributed by atoms with Crippen molar-refractivity contribution >= 4 is 0 Å². The highest BCUT2D eigenvalue weighted by molar-refractivity contribution is 5.38. The van der Waals surface area contributed by atoms with E-state index in [2.05, 4.69) is 4.90 Å². The highest BCUT2D eigenvalue weighted by atomic mass is 19.1. The van der Waals surface area contributed by atoms with Crippen LogP contribution in [0.1, 0.15) is 12.0 Å². The molecule has 1 saturated heterocycles. The van der Waals surface area contributed by atoms with Gasteiger partial charge in [0.1, 0.15) is 36.7 Å². The van der Waals surface area contributed by atoms with Crippen molar-refractivity contribution in [3.05, 3.63) is 88.6 Å². The number of pyridine rings is 1. The molecule has 3 aromatic rings. The minimum Gasteiger partial charge on any atom is -0.492 e. The molecule has 5 nitrogen and oxygen atoms in total. The summed E-state index contributed by atoms with van der Waals surface area (Å²) in [7, 11) is 0. The summed E-state index contributed by atoms with van der Waals surface area (Å²) >= 11 is 0. The Kier molecular flexibility index (Phi) is 6.62. The number of alkyl halides is 1. The lowest BCUT2D eigenvalue weighted by Crippen LogP contribution is -2.26. The van der Waals surface area contributed by atoms with E-state index in [4.69, 9.17) is 9.47 Å². The quantitative estimate of drug-likeness (QED) is 0.547. The summed E-state index contributed by atoms with van der Waals surface area (Å²) in [5.41, 5.74) is 1.30. The van der Waals surface area contributed by atoms with Gasteiger partial charge in [-0.2, -0.15) is 0 Å². The number of ether oxygens (including phenoxy) is 2. The van der Waals surface area contributed by atoms with Crippen molar-refractivity contribution < 1.29 is 18.3 Å². The number of hydrogen-bond acceptors (Lipinski definition) is 4. The third-order valence-corrected chi connectivity index (χ3v) is 5.22. The maximum absolute atomic E-state index is 13.2. The van der Waals surface area contributed by atoms with E-state index in [-0.39, 0.29) is 18.0 Å². The molecule has 1 fully saturated rings. The molecule has 7 heteroatoms. The zero-order valence-corrected chi connectivity index (χ0v) is 17.0. The van der Waals surface area contributed by atoms with Crippen LogP contribution < -0.4 is 15.0 Å². The number of halogens is 2. The molecule has 2 aromatic carbocycles. The number of likely N-dealkylation sites (tertiary alicyclic amines) is 1. The Morgan fingerprint density at radius 3 is 2.42 bits per heavy atom. The number of rotatable bonds is 8. The molecule has 0 N–H and O–H groups in total. The minimum absolute atomic E-state index is 0.222. The Hall–Kier alpha value is -3.19. The third kappa shape index (κ3) is 5.70. The fourth-order valence-corrected chi connectivity index (χ4v) is 3.50. The summed E-state index contributed by atoms with van der Waals surface area (Å²) in [6.45, 7) is 2.69. The molecule has 1 aromatic heterocycles. The zero-order valence-electron chi connectivity index (χ0n) is 17.0. The maximum Gasteiger partial charge on any atom is 0.258 e. The van der Waals surface area contributed by atoms with Crippen molar-refractivity contribution in [2.75, 3.05) is 26.2 Å². The van der Waals surface area contributed by atoms with Gasteiger partial charge in [-0.1, -0.05) is 12.1 Å². The highest BCUT2D eigenvalue weighted by Crippen LogP contribution is 2.17. The first-order chi connectivity index (χ1) is 15.1. The molecular formula is C24H24F2N2O3. The number of aromatic nitrogens is 1. The van der Waals surface area contributed by atoms with Gasteiger partial charge in [-0.3, -0.25) is 14.3 Å². The van der Waals surface area contributed by atoms with Crippen molar-refractivity contribution in [2.45, 2.75) is 19.2 Å². The van der Waals surface area contributed by atoms with Crippen LogP contribution in [0.2, 0.25) is 0 Å². The number of hydrogen-bond donors (Lipinski definition) is 0. The molecule has 1 aliphatic rings. The monoisotopic (exact) mass is 426 g/mol. The Bertz CT molecular complexity index is 1050. The van der Waals surface area contributed by atoms with E-state index in [1.165, 1.54) is 22.8 Å². The van der Waals surface area contributed by atoms with Crippen LogP contribution in [-0.4, -0.2) is 41.9 Å². The van der Waals surface area contributed by atoms with Gasteiger partial charge in [-0.15, -0.1) is 0 Å². The Morgan fingerprint density at radius 2 is 1.74 bits per heavy atom. The van der Waals surface area contributed by atoms with E-state index in [9.17, 15) is 13.6 Å². The van der Waals surface area contributed by atoms with Crippen LogP contribution in [0.3, 0.4) is 0 Å². The van der Waals surface area contributed by atoms with E-state index in [0.717, 1.165) is 12.1 Å². The molecule has 0 amide bonds. The molecular weight excluding hydrogens is 402 g/mol. The smallest absolute Gasteiger partial charge is 0.258 e. The van der Waals surface area contributed by atoms with E-state index < -0.39 is 6.17 Å². The summed E-state index contributed by atoms with van der Waals surface area (Å²) < 4.78 is 39.0. The lowest BCUT2D eigenvalue weighted by molar-refractivity contribution is 0.224. The van der Waals surface area contributed by atoms with Crippen molar-refractivity contribution in [1.29, 1.82) is 0 Å². The summed E-state index contributed by atoms with van der Waals surface area (Å²) in [6.07, 6.45) is 1.52. The third-order valence-electron chi connectivity index (χ3n) is 5.22. The average molecular weight is 426 g/mol. The summed E-state index contributed by atoms with van der Waals surface area (Å²) in [6, 6.07) is 16.4. The molecule has 1 aliphatic heterocycles. The second kappa shape index (κ2) is 9.75. The first-order valence-corrected chi connectivity index (χ1v) is 10.3. The van der Waals surface area contributed by atoms with Crippen molar-refractivity contribution in [3.63, 3.8) is 0 Å². The lowest BCUT2D eigenvalue weighted by Gasteiger charge is -2.15. The van der Waals surface area contributed by atoms with Gasteiger partial charge < -0.3 is 9.47 Å². The second-order valence-electron chi connectivity index (χ2n) is 7.51. The van der Waals surface area contributed by atoms with Gasteiger partial charge in [-0.05, 0) is 54.4 Å². The number of benzene rings is 2. The van der Waals surface area contributed by atoms with Gasteiger partial charge in [0.05, 0.1) is 0 Å². The molecule has 4 rings (SSSR count). The standard InChI is InChI=1S/C24H24F2N2O3/c25-19-3-1-18(2-4-19)17-31-23-10-12-28(24(29)15-23)21-5-7-22(8-6-21)30-14-13-27-11-9-20(26)16-27/h1-8,10,12,15,20H,9,11,13-14,16-17H2/t20-/m0/s1. The van der Waals surface area contributed by atoms with E-state index in [0.29, 0.717) is 43.3 Å². The van der Waals surface area contributed by atoms with Gasteiger partial charge in [0.25, 0.3) is 5.56 Å². The van der Waals surface area contributed by atoms with Crippen LogP contribution in [0.15, 0.2) is 71.7 Å². The molecule has 0 aliphatic carbocycles. The summed E-state index contributed by atoms with van der Waals surface area (Å²) in [5, 5.41) is 0. The van der Waals surface area contributed by atoms with Gasteiger partial charge in [0.2, 0.25) is 0 Å². The first-order valence-electron chi connectivity index (χ1n) is 10.3. The molecule has 2 heterocycles. The SMILES string of the molecule is O=c1cc(OCc2ccc(F)cc2)ccn1-c1ccc(OCCN2CC[C@H](F)C2)cc1. The fraction of sp³-hybridized carbons (Fsp3) is 0.292. The van der Waals surface area contributed by atoms with Crippen LogP contribution in [-0.2, 0) is 6.61 Å². The predicted molar refractivity (Wildman–Crippen MR) is 114 cm³/mol. The van der Waals surface area contributed by atoms with Gasteiger partial charge in [0.15, 0.2) is 0 Å². The predicted octanol–water partition coefficient (Wildman–Crippen LogP) is 3.98. The van der Waals surface area contributed by atoms with Crippen molar-refractivity contribution in [2.24, 2.45) is 0 Å². The Labute approximate surface area is 179 Å². The molecule has 0 bridgehead atoms. The Balaban J connectivity index is 1.32. The van der Waals surface area contributed by atoms with E-state index in [1.54, 1.807) is 24.4 Å². The van der Waals surface area contributed by atoms with Crippen LogP contribution in [0.5, 0.6) is 11.5 Å². The first kappa shape index (κ1) is 21.1. The van der Waals surface area contributed by atoms with E-state index >= 15 is 0 Å². The maximum atomic E-state index is 13.2. The zero-order chi connectivity index (χ0) is 21.6. The van der Waals surface area contributed by atoms with Gasteiger partial charge in [0, 0.05) is 37.6 Å². The molecule has 162 valence electrons.